The first kappa shape index (κ1) is 22.9. The molecule has 1 saturated carbocycles. The van der Waals surface area contributed by atoms with Crippen molar-refractivity contribution in [3.63, 3.8) is 0 Å². The Hall–Kier alpha value is -3.00. The highest BCUT2D eigenvalue weighted by atomic mass is 15.4. The summed E-state index contributed by atoms with van der Waals surface area (Å²) < 4.78 is 0. The Morgan fingerprint density at radius 3 is 2.50 bits per heavy atom. The summed E-state index contributed by atoms with van der Waals surface area (Å²) in [6.45, 7) is 8.46. The lowest BCUT2D eigenvalue weighted by Gasteiger charge is -2.35. The molecule has 0 spiro atoms. The second kappa shape index (κ2) is 8.25. The van der Waals surface area contributed by atoms with E-state index in [1.165, 1.54) is 48.9 Å². The molecular formula is C36H40N2. The molecule has 4 unspecified atom stereocenters. The van der Waals surface area contributed by atoms with Crippen LogP contribution in [0.2, 0.25) is 0 Å². The normalized spacial score (nSPS) is 34.1. The van der Waals surface area contributed by atoms with Crippen molar-refractivity contribution in [3.8, 4) is 0 Å². The van der Waals surface area contributed by atoms with Crippen molar-refractivity contribution in [2.24, 2.45) is 29.1 Å². The fraction of sp³-hybridized carbons (Fsp3) is 0.444. The van der Waals surface area contributed by atoms with Crippen LogP contribution in [0.3, 0.4) is 0 Å². The molecule has 194 valence electrons. The van der Waals surface area contributed by atoms with Crippen LogP contribution >= 0.6 is 0 Å². The molecule has 2 heterocycles. The van der Waals surface area contributed by atoms with Crippen molar-refractivity contribution in [1.29, 1.82) is 0 Å². The first-order valence-corrected chi connectivity index (χ1v) is 15.1. The van der Waals surface area contributed by atoms with Crippen molar-refractivity contribution in [1.82, 2.24) is 4.90 Å². The number of hydrogen-bond donors (Lipinski definition) is 0. The minimum atomic E-state index is 0.314. The Balaban J connectivity index is 1.18. The van der Waals surface area contributed by atoms with Crippen molar-refractivity contribution in [2.75, 3.05) is 11.4 Å². The van der Waals surface area contributed by atoms with Crippen LogP contribution in [0.4, 0.5) is 5.69 Å². The molecule has 0 amide bonds. The van der Waals surface area contributed by atoms with Gasteiger partial charge in [0.2, 0.25) is 0 Å². The zero-order valence-electron chi connectivity index (χ0n) is 23.2. The van der Waals surface area contributed by atoms with Crippen LogP contribution in [0.15, 0.2) is 101 Å². The molecule has 2 nitrogen and oxygen atoms in total. The molecule has 0 aromatic heterocycles. The first-order valence-electron chi connectivity index (χ1n) is 15.1. The summed E-state index contributed by atoms with van der Waals surface area (Å²) in [5.74, 6) is 2.51. The number of hydrogen-bond acceptors (Lipinski definition) is 2. The van der Waals surface area contributed by atoms with Gasteiger partial charge < -0.3 is 9.80 Å². The zero-order chi connectivity index (χ0) is 25.6. The Morgan fingerprint density at radius 2 is 1.71 bits per heavy atom. The van der Waals surface area contributed by atoms with Crippen molar-refractivity contribution >= 4 is 11.3 Å². The van der Waals surface area contributed by atoms with E-state index in [2.05, 4.69) is 103 Å². The van der Waals surface area contributed by atoms with E-state index in [4.69, 9.17) is 0 Å². The lowest BCUT2D eigenvalue weighted by molar-refractivity contribution is 0.214. The minimum absolute atomic E-state index is 0.314. The molecule has 1 fully saturated rings. The number of anilines is 1. The van der Waals surface area contributed by atoms with Gasteiger partial charge in [0, 0.05) is 29.5 Å². The zero-order valence-corrected chi connectivity index (χ0v) is 23.2. The third-order valence-electron chi connectivity index (χ3n) is 10.9. The highest BCUT2D eigenvalue weighted by molar-refractivity contribution is 5.76. The molecule has 5 atom stereocenters. The van der Waals surface area contributed by atoms with Gasteiger partial charge >= 0.3 is 0 Å². The van der Waals surface area contributed by atoms with E-state index in [0.717, 1.165) is 13.0 Å². The molecule has 0 radical (unpaired) electrons. The molecular weight excluding hydrogens is 460 g/mol. The average Bonchev–Trinajstić information content (AvgIpc) is 3.54. The molecule has 0 bridgehead atoms. The predicted molar refractivity (Wildman–Crippen MR) is 158 cm³/mol. The summed E-state index contributed by atoms with van der Waals surface area (Å²) in [6.07, 6.45) is 27.1. The standard InChI is InChI=1S/C36H40N2/c1-23-12-14-24(15-13-23)25-16-18-27(19-17-25)38-34-11-7-6-10-33(34)37-22-26-20-32-30(21-29(26)35(37)38)28-8-4-5-9-31(28)36(32,2)3/h4-5,8-9,12,14-19,21,23,28,31-32,35H,6-7,10-11,13,20,22H2,1-3H3/t23-,28?,31?,32?,35?/m1/s1. The van der Waals surface area contributed by atoms with Gasteiger partial charge in [0.25, 0.3) is 0 Å². The lowest BCUT2D eigenvalue weighted by atomic mass is 9.70. The second-order valence-corrected chi connectivity index (χ2v) is 13.4. The van der Waals surface area contributed by atoms with Crippen LogP contribution in [0, 0.1) is 29.1 Å². The van der Waals surface area contributed by atoms with Gasteiger partial charge in [0.05, 0.1) is 0 Å². The molecule has 1 aromatic carbocycles. The molecule has 2 heteroatoms. The second-order valence-electron chi connectivity index (χ2n) is 13.4. The summed E-state index contributed by atoms with van der Waals surface area (Å²) in [4.78, 5) is 5.53. The van der Waals surface area contributed by atoms with E-state index in [1.54, 1.807) is 28.1 Å². The smallest absolute Gasteiger partial charge is 0.132 e. The van der Waals surface area contributed by atoms with E-state index in [0.29, 0.717) is 35.3 Å². The summed E-state index contributed by atoms with van der Waals surface area (Å²) in [7, 11) is 0. The average molecular weight is 501 g/mol. The van der Waals surface area contributed by atoms with Gasteiger partial charge in [0.15, 0.2) is 0 Å². The van der Waals surface area contributed by atoms with Crippen molar-refractivity contribution in [2.45, 2.75) is 65.5 Å². The minimum Gasteiger partial charge on any atom is -0.345 e. The van der Waals surface area contributed by atoms with Crippen LogP contribution in [0.1, 0.15) is 64.9 Å². The maximum Gasteiger partial charge on any atom is 0.132 e. The monoisotopic (exact) mass is 500 g/mol. The molecule has 0 N–H and O–H groups in total. The maximum absolute atomic E-state index is 2.79. The van der Waals surface area contributed by atoms with Gasteiger partial charge in [0.1, 0.15) is 6.17 Å². The third kappa shape index (κ3) is 3.19. The summed E-state index contributed by atoms with van der Waals surface area (Å²) >= 11 is 0. The Bertz CT molecular complexity index is 1410. The largest absolute Gasteiger partial charge is 0.345 e. The maximum atomic E-state index is 2.79. The molecule has 2 aliphatic heterocycles. The molecule has 5 aliphatic carbocycles. The fourth-order valence-electron chi connectivity index (χ4n) is 8.79. The number of rotatable bonds is 2. The van der Waals surface area contributed by atoms with Gasteiger partial charge in [-0.15, -0.1) is 0 Å². The van der Waals surface area contributed by atoms with Crippen LogP contribution in [0.5, 0.6) is 0 Å². The first-order chi connectivity index (χ1) is 18.5. The van der Waals surface area contributed by atoms with E-state index < -0.39 is 0 Å². The number of nitrogens with zero attached hydrogens (tertiary/aromatic N) is 2. The van der Waals surface area contributed by atoms with Gasteiger partial charge in [-0.05, 0) is 96.1 Å². The van der Waals surface area contributed by atoms with Crippen LogP contribution in [-0.2, 0) is 0 Å². The molecule has 8 rings (SSSR count). The Morgan fingerprint density at radius 1 is 0.921 bits per heavy atom. The van der Waals surface area contributed by atoms with Crippen LogP contribution in [0.25, 0.3) is 5.57 Å². The van der Waals surface area contributed by atoms with Gasteiger partial charge in [-0.25, -0.2) is 0 Å². The van der Waals surface area contributed by atoms with E-state index in [1.807, 2.05) is 0 Å². The third-order valence-corrected chi connectivity index (χ3v) is 10.9. The molecule has 1 aromatic rings. The molecule has 0 saturated heterocycles. The van der Waals surface area contributed by atoms with E-state index in [-0.39, 0.29) is 0 Å². The quantitative estimate of drug-likeness (QED) is 0.401. The molecule has 7 aliphatic rings. The lowest BCUT2D eigenvalue weighted by Crippen LogP contribution is -2.38. The Labute approximate surface area is 228 Å². The van der Waals surface area contributed by atoms with Crippen LogP contribution in [-0.4, -0.2) is 17.6 Å². The fourth-order valence-corrected chi connectivity index (χ4v) is 8.79. The Kier molecular flexibility index (Phi) is 4.98. The predicted octanol–water partition coefficient (Wildman–Crippen LogP) is 8.55. The van der Waals surface area contributed by atoms with Gasteiger partial charge in [-0.3, -0.25) is 0 Å². The van der Waals surface area contributed by atoms with Crippen LogP contribution < -0.4 is 4.90 Å². The summed E-state index contributed by atoms with van der Waals surface area (Å²) in [6, 6.07) is 9.50. The topological polar surface area (TPSA) is 6.48 Å². The van der Waals surface area contributed by atoms with Gasteiger partial charge in [-0.2, -0.15) is 0 Å². The van der Waals surface area contributed by atoms with E-state index >= 15 is 0 Å². The summed E-state index contributed by atoms with van der Waals surface area (Å²) in [5.41, 5.74) is 12.6. The highest BCUT2D eigenvalue weighted by Gasteiger charge is 2.55. The molecule has 38 heavy (non-hydrogen) atoms. The number of allylic oxidation sites excluding steroid dienone is 11. The SMILES string of the molecule is C[C@@H]1C=CC(c2ccc(N3C4=C(CCCC4)N4CC5=C(C=C6C7C=CC=CC7C(C)(C)C6C5)C43)cc2)=CC1. The number of benzene rings is 1. The highest BCUT2D eigenvalue weighted by Crippen LogP contribution is 2.61. The van der Waals surface area contributed by atoms with Gasteiger partial charge in [-0.1, -0.05) is 87.1 Å². The number of fused-ring (bicyclic) bond motifs is 6. The summed E-state index contributed by atoms with van der Waals surface area (Å²) in [5, 5.41) is 0. The van der Waals surface area contributed by atoms with Crippen molar-refractivity contribution < 1.29 is 0 Å². The van der Waals surface area contributed by atoms with E-state index in [9.17, 15) is 0 Å². The van der Waals surface area contributed by atoms with Crippen molar-refractivity contribution in [3.05, 3.63) is 107 Å².